The van der Waals surface area contributed by atoms with Crippen molar-refractivity contribution >= 4 is 11.8 Å². The number of nitrogens with zero attached hydrogens (tertiary/aromatic N) is 2. The monoisotopic (exact) mass is 426 g/mol. The van der Waals surface area contributed by atoms with Gasteiger partial charge >= 0.3 is 0 Å². The van der Waals surface area contributed by atoms with Crippen LogP contribution < -0.4 is 15.5 Å². The first-order valence-corrected chi connectivity index (χ1v) is 11.9. The molecule has 2 N–H and O–H groups in total. The zero-order valence-electron chi connectivity index (χ0n) is 18.4. The average molecular weight is 427 g/mol. The fourth-order valence-corrected chi connectivity index (χ4v) is 6.07. The van der Waals surface area contributed by atoms with Crippen LogP contribution in [0.3, 0.4) is 0 Å². The molecule has 31 heavy (non-hydrogen) atoms. The van der Waals surface area contributed by atoms with Crippen LogP contribution >= 0.6 is 0 Å². The number of ether oxygens (including phenoxy) is 1. The SMILES string of the molecule is COc1ccc(CN2C(=O)C3CCNN3C3CCC(C(=O)NC4CCCC4)CC32)cc1. The fourth-order valence-electron chi connectivity index (χ4n) is 6.07. The highest BCUT2D eigenvalue weighted by Crippen LogP contribution is 2.38. The number of amides is 2. The number of benzene rings is 1. The van der Waals surface area contributed by atoms with Gasteiger partial charge < -0.3 is 15.0 Å². The molecule has 1 aromatic carbocycles. The highest BCUT2D eigenvalue weighted by atomic mass is 16.5. The van der Waals surface area contributed by atoms with E-state index in [0.29, 0.717) is 12.6 Å². The Labute approximate surface area is 184 Å². The van der Waals surface area contributed by atoms with E-state index in [0.717, 1.165) is 56.4 Å². The quantitative estimate of drug-likeness (QED) is 0.755. The molecule has 4 atom stereocenters. The van der Waals surface area contributed by atoms with Crippen LogP contribution in [0.4, 0.5) is 0 Å². The molecule has 0 radical (unpaired) electrons. The van der Waals surface area contributed by atoms with E-state index in [4.69, 9.17) is 4.74 Å². The molecule has 4 fully saturated rings. The van der Waals surface area contributed by atoms with Crippen molar-refractivity contribution in [3.63, 3.8) is 0 Å². The van der Waals surface area contributed by atoms with Crippen molar-refractivity contribution in [3.8, 4) is 5.75 Å². The minimum Gasteiger partial charge on any atom is -0.497 e. The summed E-state index contributed by atoms with van der Waals surface area (Å²) >= 11 is 0. The lowest BCUT2D eigenvalue weighted by Crippen LogP contribution is -2.68. The van der Waals surface area contributed by atoms with Gasteiger partial charge in [0.15, 0.2) is 0 Å². The van der Waals surface area contributed by atoms with Gasteiger partial charge in [-0.3, -0.25) is 15.0 Å². The van der Waals surface area contributed by atoms with Crippen molar-refractivity contribution in [1.29, 1.82) is 0 Å². The van der Waals surface area contributed by atoms with Gasteiger partial charge in [-0.05, 0) is 56.2 Å². The topological polar surface area (TPSA) is 73.9 Å². The first kappa shape index (κ1) is 20.8. The number of carbonyl (C=O) groups excluding carboxylic acids is 2. The molecule has 2 saturated heterocycles. The maximum absolute atomic E-state index is 13.5. The summed E-state index contributed by atoms with van der Waals surface area (Å²) in [7, 11) is 1.66. The van der Waals surface area contributed by atoms with Gasteiger partial charge in [0.2, 0.25) is 11.8 Å². The lowest BCUT2D eigenvalue weighted by molar-refractivity contribution is -0.157. The molecule has 2 aliphatic heterocycles. The van der Waals surface area contributed by atoms with Crippen LogP contribution in [-0.4, -0.2) is 59.5 Å². The number of rotatable bonds is 5. The Morgan fingerprint density at radius 1 is 1.10 bits per heavy atom. The number of hydrazine groups is 1. The predicted octanol–water partition coefficient (Wildman–Crippen LogP) is 2.21. The van der Waals surface area contributed by atoms with Crippen molar-refractivity contribution in [2.24, 2.45) is 5.92 Å². The number of hydrogen-bond acceptors (Lipinski definition) is 5. The summed E-state index contributed by atoms with van der Waals surface area (Å²) in [5, 5.41) is 5.50. The van der Waals surface area contributed by atoms with E-state index in [2.05, 4.69) is 20.7 Å². The van der Waals surface area contributed by atoms with Crippen molar-refractivity contribution in [1.82, 2.24) is 20.7 Å². The van der Waals surface area contributed by atoms with E-state index in [9.17, 15) is 9.59 Å². The van der Waals surface area contributed by atoms with E-state index in [1.807, 2.05) is 24.3 Å². The molecule has 2 aliphatic carbocycles. The highest BCUT2D eigenvalue weighted by Gasteiger charge is 2.51. The second kappa shape index (κ2) is 8.79. The molecule has 2 heterocycles. The van der Waals surface area contributed by atoms with E-state index in [1.54, 1.807) is 7.11 Å². The minimum absolute atomic E-state index is 0.00725. The number of hydrogen-bond donors (Lipinski definition) is 2. The molecular formula is C24H34N4O3. The van der Waals surface area contributed by atoms with Gasteiger partial charge in [0.05, 0.1) is 7.11 Å². The fraction of sp³-hybridized carbons (Fsp3) is 0.667. The van der Waals surface area contributed by atoms with Gasteiger partial charge in [-0.25, -0.2) is 5.01 Å². The molecule has 0 aromatic heterocycles. The van der Waals surface area contributed by atoms with Crippen LogP contribution in [0, 0.1) is 5.92 Å². The smallest absolute Gasteiger partial charge is 0.242 e. The zero-order valence-corrected chi connectivity index (χ0v) is 18.4. The lowest BCUT2D eigenvalue weighted by atomic mass is 9.78. The summed E-state index contributed by atoms with van der Waals surface area (Å²) in [5.74, 6) is 1.20. The van der Waals surface area contributed by atoms with Crippen LogP contribution in [0.2, 0.25) is 0 Å². The largest absolute Gasteiger partial charge is 0.497 e. The van der Waals surface area contributed by atoms with Crippen LogP contribution in [0.5, 0.6) is 5.75 Å². The molecular weight excluding hydrogens is 392 g/mol. The molecule has 168 valence electrons. The first-order chi connectivity index (χ1) is 15.1. The number of carbonyl (C=O) groups is 2. The van der Waals surface area contributed by atoms with Crippen molar-refractivity contribution in [3.05, 3.63) is 29.8 Å². The molecule has 2 amide bonds. The standard InChI is InChI=1S/C24H34N4O3/c1-31-19-9-6-16(7-10-19)15-27-22-14-17(23(29)26-18-4-2-3-5-18)8-11-20(22)28-21(24(27)30)12-13-25-28/h6-7,9-10,17-18,20-22,25H,2-5,8,11-15H2,1H3,(H,26,29). The van der Waals surface area contributed by atoms with Gasteiger partial charge in [0.1, 0.15) is 11.8 Å². The summed E-state index contributed by atoms with van der Waals surface area (Å²) in [6.07, 6.45) is 8.08. The minimum atomic E-state index is -0.0802. The van der Waals surface area contributed by atoms with E-state index >= 15 is 0 Å². The molecule has 0 spiro atoms. The Morgan fingerprint density at radius 2 is 1.87 bits per heavy atom. The molecule has 4 aliphatic rings. The predicted molar refractivity (Wildman–Crippen MR) is 117 cm³/mol. The number of nitrogens with one attached hydrogen (secondary N) is 2. The van der Waals surface area contributed by atoms with Gasteiger partial charge in [0.25, 0.3) is 0 Å². The Balaban J connectivity index is 1.34. The molecule has 7 heteroatoms. The van der Waals surface area contributed by atoms with Gasteiger partial charge in [-0.1, -0.05) is 25.0 Å². The Hall–Kier alpha value is -2.12. The number of fused-ring (bicyclic) bond motifs is 3. The number of methoxy groups -OCH3 is 1. The third-order valence-electron chi connectivity index (χ3n) is 7.74. The lowest BCUT2D eigenvalue weighted by Gasteiger charge is -2.52. The Morgan fingerprint density at radius 3 is 2.61 bits per heavy atom. The first-order valence-electron chi connectivity index (χ1n) is 11.9. The molecule has 0 bridgehead atoms. The van der Waals surface area contributed by atoms with Gasteiger partial charge in [-0.2, -0.15) is 0 Å². The highest BCUT2D eigenvalue weighted by molar-refractivity contribution is 5.84. The zero-order chi connectivity index (χ0) is 21.4. The number of piperazine rings is 1. The van der Waals surface area contributed by atoms with Gasteiger partial charge in [0, 0.05) is 37.1 Å². The van der Waals surface area contributed by atoms with Crippen molar-refractivity contribution < 1.29 is 14.3 Å². The van der Waals surface area contributed by atoms with Crippen molar-refractivity contribution in [2.45, 2.75) is 82.1 Å². The summed E-state index contributed by atoms with van der Waals surface area (Å²) in [6, 6.07) is 8.57. The van der Waals surface area contributed by atoms with E-state index in [-0.39, 0.29) is 35.9 Å². The van der Waals surface area contributed by atoms with Crippen LogP contribution in [-0.2, 0) is 16.1 Å². The molecule has 5 rings (SSSR count). The van der Waals surface area contributed by atoms with Crippen LogP contribution in [0.15, 0.2) is 24.3 Å². The maximum atomic E-state index is 13.5. The van der Waals surface area contributed by atoms with Crippen molar-refractivity contribution in [2.75, 3.05) is 13.7 Å². The van der Waals surface area contributed by atoms with Crippen LogP contribution in [0.1, 0.15) is 56.9 Å². The average Bonchev–Trinajstić information content (AvgIpc) is 3.49. The third kappa shape index (κ3) is 4.05. The third-order valence-corrected chi connectivity index (χ3v) is 7.74. The van der Waals surface area contributed by atoms with Crippen LogP contribution in [0.25, 0.3) is 0 Å². The Kier molecular flexibility index (Phi) is 5.89. The summed E-state index contributed by atoms with van der Waals surface area (Å²) in [5.41, 5.74) is 4.56. The second-order valence-electron chi connectivity index (χ2n) is 9.57. The summed E-state index contributed by atoms with van der Waals surface area (Å²) in [4.78, 5) is 28.5. The van der Waals surface area contributed by atoms with E-state index in [1.165, 1.54) is 12.8 Å². The summed E-state index contributed by atoms with van der Waals surface area (Å²) in [6.45, 7) is 1.44. The maximum Gasteiger partial charge on any atom is 0.242 e. The normalized spacial score (nSPS) is 31.4. The molecule has 2 saturated carbocycles. The summed E-state index contributed by atoms with van der Waals surface area (Å²) < 4.78 is 5.28. The molecule has 7 nitrogen and oxygen atoms in total. The Bertz CT molecular complexity index is 808. The molecule has 1 aromatic rings. The van der Waals surface area contributed by atoms with Gasteiger partial charge in [-0.15, -0.1) is 0 Å². The van der Waals surface area contributed by atoms with E-state index < -0.39 is 0 Å². The molecule has 4 unspecified atom stereocenters. The second-order valence-corrected chi connectivity index (χ2v) is 9.57.